The van der Waals surface area contributed by atoms with E-state index in [0.29, 0.717) is 12.5 Å². The van der Waals surface area contributed by atoms with Crippen molar-refractivity contribution in [2.24, 2.45) is 11.8 Å². The van der Waals surface area contributed by atoms with Gasteiger partial charge in [0.05, 0.1) is 12.5 Å². The molecule has 0 aliphatic carbocycles. The molecule has 0 rings (SSSR count). The first-order chi connectivity index (χ1) is 15.7. The van der Waals surface area contributed by atoms with E-state index in [2.05, 4.69) is 27.7 Å². The number of unbranched alkanes of at least 4 members (excludes halogenated alkanes) is 16. The maximum absolute atomic E-state index is 12.5. The van der Waals surface area contributed by atoms with Crippen LogP contribution in [0.4, 0.5) is 0 Å². The van der Waals surface area contributed by atoms with Crippen LogP contribution in [0.5, 0.6) is 0 Å². The van der Waals surface area contributed by atoms with E-state index >= 15 is 0 Å². The van der Waals surface area contributed by atoms with Crippen molar-refractivity contribution in [2.75, 3.05) is 6.61 Å². The van der Waals surface area contributed by atoms with Crippen LogP contribution in [0.2, 0.25) is 0 Å². The van der Waals surface area contributed by atoms with Gasteiger partial charge in [0.15, 0.2) is 0 Å². The number of carbonyl (C=O) groups is 1. The van der Waals surface area contributed by atoms with Crippen LogP contribution in [0, 0.1) is 11.8 Å². The standard InChI is InChI=1S/C30H60O2/c1-5-8-11-14-16-17-18-19-21-24-28(4)30(31)32-27-29(25-22-13-10-7-3)26-23-20-15-12-9-6-2/h28-29H,5-27H2,1-4H3. The quantitative estimate of drug-likeness (QED) is 0.102. The summed E-state index contributed by atoms with van der Waals surface area (Å²) in [7, 11) is 0. The van der Waals surface area contributed by atoms with Crippen LogP contribution >= 0.6 is 0 Å². The third kappa shape index (κ3) is 21.3. The van der Waals surface area contributed by atoms with Gasteiger partial charge in [-0.3, -0.25) is 4.79 Å². The van der Waals surface area contributed by atoms with Crippen LogP contribution in [0.3, 0.4) is 0 Å². The summed E-state index contributed by atoms with van der Waals surface area (Å²) in [6.45, 7) is 9.54. The third-order valence-corrected chi connectivity index (χ3v) is 7.04. The van der Waals surface area contributed by atoms with Crippen molar-refractivity contribution in [3.05, 3.63) is 0 Å². The summed E-state index contributed by atoms with van der Waals surface area (Å²) in [4.78, 5) is 12.5. The van der Waals surface area contributed by atoms with Crippen molar-refractivity contribution < 1.29 is 9.53 Å². The average molecular weight is 453 g/mol. The number of hydrogen-bond acceptors (Lipinski definition) is 2. The van der Waals surface area contributed by atoms with Crippen LogP contribution in [0.15, 0.2) is 0 Å². The zero-order valence-electron chi connectivity index (χ0n) is 22.7. The van der Waals surface area contributed by atoms with Crippen molar-refractivity contribution in [2.45, 2.75) is 169 Å². The molecule has 0 saturated heterocycles. The molecule has 0 aromatic rings. The minimum atomic E-state index is 0.0473. The van der Waals surface area contributed by atoms with E-state index in [1.807, 2.05) is 0 Å². The van der Waals surface area contributed by atoms with E-state index in [0.717, 1.165) is 6.42 Å². The van der Waals surface area contributed by atoms with Gasteiger partial charge in [-0.15, -0.1) is 0 Å². The Bertz CT molecular complexity index is 379. The summed E-state index contributed by atoms with van der Waals surface area (Å²) in [5.41, 5.74) is 0. The number of carbonyl (C=O) groups excluding carboxylic acids is 1. The van der Waals surface area contributed by atoms with E-state index in [-0.39, 0.29) is 11.9 Å². The lowest BCUT2D eigenvalue weighted by Crippen LogP contribution is -2.20. The molecule has 0 aromatic carbocycles. The van der Waals surface area contributed by atoms with E-state index in [9.17, 15) is 4.79 Å². The molecule has 0 fully saturated rings. The maximum atomic E-state index is 12.5. The fourth-order valence-corrected chi connectivity index (χ4v) is 4.61. The molecule has 192 valence electrons. The Balaban J connectivity index is 3.98. The Morgan fingerprint density at radius 3 is 1.31 bits per heavy atom. The zero-order chi connectivity index (χ0) is 23.7. The van der Waals surface area contributed by atoms with Crippen molar-refractivity contribution in [3.8, 4) is 0 Å². The summed E-state index contributed by atoms with van der Waals surface area (Å²) in [6, 6.07) is 0. The van der Waals surface area contributed by atoms with E-state index < -0.39 is 0 Å². The molecule has 2 nitrogen and oxygen atoms in total. The number of hydrogen-bond donors (Lipinski definition) is 0. The van der Waals surface area contributed by atoms with E-state index in [1.165, 1.54) is 135 Å². The van der Waals surface area contributed by atoms with Gasteiger partial charge in [-0.05, 0) is 25.2 Å². The molecule has 0 spiro atoms. The molecule has 0 radical (unpaired) electrons. The fraction of sp³-hybridized carbons (Fsp3) is 0.967. The first kappa shape index (κ1) is 31.5. The molecule has 0 heterocycles. The van der Waals surface area contributed by atoms with Gasteiger partial charge >= 0.3 is 5.97 Å². The maximum Gasteiger partial charge on any atom is 0.308 e. The molecule has 0 aliphatic rings. The molecule has 0 bridgehead atoms. The molecule has 0 aromatic heterocycles. The topological polar surface area (TPSA) is 26.3 Å². The second-order valence-electron chi connectivity index (χ2n) is 10.4. The lowest BCUT2D eigenvalue weighted by Gasteiger charge is -2.19. The minimum Gasteiger partial charge on any atom is -0.465 e. The Morgan fingerprint density at radius 1 is 0.531 bits per heavy atom. The van der Waals surface area contributed by atoms with Crippen molar-refractivity contribution in [1.82, 2.24) is 0 Å². The van der Waals surface area contributed by atoms with Gasteiger partial charge in [0.1, 0.15) is 0 Å². The first-order valence-electron chi connectivity index (χ1n) is 14.8. The Labute approximate surface area is 203 Å². The largest absolute Gasteiger partial charge is 0.465 e. The molecule has 0 N–H and O–H groups in total. The van der Waals surface area contributed by atoms with E-state index in [4.69, 9.17) is 4.74 Å². The highest BCUT2D eigenvalue weighted by molar-refractivity contribution is 5.71. The van der Waals surface area contributed by atoms with Crippen LogP contribution in [-0.2, 0) is 9.53 Å². The van der Waals surface area contributed by atoms with Crippen LogP contribution in [0.25, 0.3) is 0 Å². The molecule has 2 heteroatoms. The average Bonchev–Trinajstić information content (AvgIpc) is 2.80. The predicted octanol–water partition coefficient (Wildman–Crippen LogP) is 10.4. The summed E-state index contributed by atoms with van der Waals surface area (Å²) in [5, 5.41) is 0. The normalized spacial score (nSPS) is 13.2. The minimum absolute atomic E-state index is 0.0473. The van der Waals surface area contributed by atoms with E-state index in [1.54, 1.807) is 0 Å². The zero-order valence-corrected chi connectivity index (χ0v) is 22.7. The van der Waals surface area contributed by atoms with Gasteiger partial charge in [0.2, 0.25) is 0 Å². The summed E-state index contributed by atoms with van der Waals surface area (Å²) < 4.78 is 5.81. The highest BCUT2D eigenvalue weighted by Gasteiger charge is 2.17. The number of rotatable bonds is 25. The van der Waals surface area contributed by atoms with Crippen LogP contribution < -0.4 is 0 Å². The monoisotopic (exact) mass is 452 g/mol. The Morgan fingerprint density at radius 2 is 0.875 bits per heavy atom. The summed E-state index contributed by atoms with van der Waals surface area (Å²) in [6.07, 6.45) is 28.8. The highest BCUT2D eigenvalue weighted by atomic mass is 16.5. The molecule has 0 saturated carbocycles. The molecule has 0 aliphatic heterocycles. The van der Waals surface area contributed by atoms with Crippen molar-refractivity contribution >= 4 is 5.97 Å². The molecule has 32 heavy (non-hydrogen) atoms. The number of ether oxygens (including phenoxy) is 1. The molecule has 2 atom stereocenters. The molecular formula is C30H60O2. The Hall–Kier alpha value is -0.530. The second kappa shape index (κ2) is 25.1. The summed E-state index contributed by atoms with van der Waals surface area (Å²) in [5.74, 6) is 0.683. The van der Waals surface area contributed by atoms with Gasteiger partial charge in [-0.2, -0.15) is 0 Å². The summed E-state index contributed by atoms with van der Waals surface area (Å²) >= 11 is 0. The predicted molar refractivity (Wildman–Crippen MR) is 142 cm³/mol. The van der Waals surface area contributed by atoms with Crippen molar-refractivity contribution in [3.63, 3.8) is 0 Å². The third-order valence-electron chi connectivity index (χ3n) is 7.04. The van der Waals surface area contributed by atoms with Crippen LogP contribution in [-0.4, -0.2) is 12.6 Å². The fourth-order valence-electron chi connectivity index (χ4n) is 4.61. The Kier molecular flexibility index (Phi) is 24.7. The molecule has 2 unspecified atom stereocenters. The smallest absolute Gasteiger partial charge is 0.308 e. The molecular weight excluding hydrogens is 392 g/mol. The van der Waals surface area contributed by atoms with Crippen LogP contribution in [0.1, 0.15) is 169 Å². The molecule has 0 amide bonds. The van der Waals surface area contributed by atoms with Crippen molar-refractivity contribution in [1.29, 1.82) is 0 Å². The SMILES string of the molecule is CCCCCCCCCCCC(C)C(=O)OCC(CCCCCC)CCCCCCCC. The first-order valence-corrected chi connectivity index (χ1v) is 14.8. The highest BCUT2D eigenvalue weighted by Crippen LogP contribution is 2.21. The lowest BCUT2D eigenvalue weighted by molar-refractivity contribution is -0.149. The lowest BCUT2D eigenvalue weighted by atomic mass is 9.95. The van der Waals surface area contributed by atoms with Gasteiger partial charge in [0, 0.05) is 0 Å². The van der Waals surface area contributed by atoms with Gasteiger partial charge < -0.3 is 4.74 Å². The van der Waals surface area contributed by atoms with Gasteiger partial charge in [-0.1, -0.05) is 150 Å². The number of esters is 1. The van der Waals surface area contributed by atoms with Gasteiger partial charge in [0.25, 0.3) is 0 Å². The second-order valence-corrected chi connectivity index (χ2v) is 10.4. The van der Waals surface area contributed by atoms with Gasteiger partial charge in [-0.25, -0.2) is 0 Å².